The fourth-order valence-electron chi connectivity index (χ4n) is 2.21. The van der Waals surface area contributed by atoms with E-state index in [1.807, 2.05) is 25.1 Å². The molecular weight excluding hydrogens is 272 g/mol. The van der Waals surface area contributed by atoms with Gasteiger partial charge in [0, 0.05) is 28.1 Å². The molecule has 0 fully saturated rings. The van der Waals surface area contributed by atoms with Gasteiger partial charge in [-0.3, -0.25) is 0 Å². The van der Waals surface area contributed by atoms with E-state index in [2.05, 4.69) is 16.0 Å². The van der Waals surface area contributed by atoms with Gasteiger partial charge in [0.25, 0.3) is 0 Å². The van der Waals surface area contributed by atoms with Gasteiger partial charge in [0.05, 0.1) is 6.10 Å². The maximum atomic E-state index is 9.62. The SMILES string of the molecule is Cc1nc(C2CSc3ccccc3O2)ncc1[C@H](C)O. The Labute approximate surface area is 122 Å². The Morgan fingerprint density at radius 1 is 1.40 bits per heavy atom. The number of aryl methyl sites for hydroxylation is 1. The molecule has 1 aromatic carbocycles. The highest BCUT2D eigenvalue weighted by Gasteiger charge is 2.24. The number of para-hydroxylation sites is 1. The minimum atomic E-state index is -0.550. The predicted molar refractivity (Wildman–Crippen MR) is 77.9 cm³/mol. The topological polar surface area (TPSA) is 55.2 Å². The van der Waals surface area contributed by atoms with Crippen LogP contribution in [0.5, 0.6) is 5.75 Å². The number of aromatic nitrogens is 2. The van der Waals surface area contributed by atoms with Crippen LogP contribution in [0.4, 0.5) is 0 Å². The molecule has 1 aromatic heterocycles. The quantitative estimate of drug-likeness (QED) is 0.920. The average Bonchev–Trinajstić information content (AvgIpc) is 2.46. The fourth-order valence-corrected chi connectivity index (χ4v) is 3.19. The van der Waals surface area contributed by atoms with Gasteiger partial charge in [0.2, 0.25) is 0 Å². The number of aliphatic hydroxyl groups is 1. The lowest BCUT2D eigenvalue weighted by Crippen LogP contribution is -2.18. The third kappa shape index (κ3) is 2.51. The standard InChI is InChI=1S/C15H16N2O2S/c1-9-11(10(2)18)7-16-15(17-9)13-8-20-14-6-4-3-5-12(14)19-13/h3-7,10,13,18H,8H2,1-2H3/t10-,13?/m0/s1. The number of nitrogens with zero attached hydrogens (tertiary/aromatic N) is 2. The van der Waals surface area contributed by atoms with Crippen molar-refractivity contribution in [2.24, 2.45) is 0 Å². The molecule has 1 unspecified atom stereocenters. The lowest BCUT2D eigenvalue weighted by Gasteiger charge is -2.24. The van der Waals surface area contributed by atoms with Crippen molar-refractivity contribution in [3.63, 3.8) is 0 Å². The van der Waals surface area contributed by atoms with Crippen LogP contribution in [0.15, 0.2) is 35.4 Å². The molecule has 0 spiro atoms. The number of rotatable bonds is 2. The first-order valence-electron chi connectivity index (χ1n) is 6.55. The van der Waals surface area contributed by atoms with E-state index in [0.717, 1.165) is 27.7 Å². The summed E-state index contributed by atoms with van der Waals surface area (Å²) in [6.45, 7) is 3.60. The Kier molecular flexibility index (Phi) is 3.63. The number of aliphatic hydroxyl groups excluding tert-OH is 1. The summed E-state index contributed by atoms with van der Waals surface area (Å²) in [7, 11) is 0. The third-order valence-electron chi connectivity index (χ3n) is 3.28. The zero-order valence-corrected chi connectivity index (χ0v) is 12.2. The summed E-state index contributed by atoms with van der Waals surface area (Å²) in [5.74, 6) is 2.35. The summed E-state index contributed by atoms with van der Waals surface area (Å²) in [5, 5.41) is 9.62. The van der Waals surface area contributed by atoms with Crippen molar-refractivity contribution in [3.8, 4) is 5.75 Å². The van der Waals surface area contributed by atoms with Crippen LogP contribution in [0.1, 0.15) is 36.2 Å². The zero-order chi connectivity index (χ0) is 14.1. The Bertz CT molecular complexity index is 631. The lowest BCUT2D eigenvalue weighted by atomic mass is 10.1. The number of hydrogen-bond acceptors (Lipinski definition) is 5. The molecule has 20 heavy (non-hydrogen) atoms. The largest absolute Gasteiger partial charge is 0.480 e. The zero-order valence-electron chi connectivity index (χ0n) is 11.4. The number of ether oxygens (including phenoxy) is 1. The maximum Gasteiger partial charge on any atom is 0.170 e. The van der Waals surface area contributed by atoms with Crippen LogP contribution in [-0.2, 0) is 0 Å². The first kappa shape index (κ1) is 13.4. The minimum Gasteiger partial charge on any atom is -0.480 e. The van der Waals surface area contributed by atoms with E-state index in [-0.39, 0.29) is 6.10 Å². The Morgan fingerprint density at radius 3 is 2.95 bits per heavy atom. The van der Waals surface area contributed by atoms with Crippen molar-refractivity contribution >= 4 is 11.8 Å². The lowest BCUT2D eigenvalue weighted by molar-refractivity contribution is 0.194. The number of benzene rings is 1. The summed E-state index contributed by atoms with van der Waals surface area (Å²) in [4.78, 5) is 9.98. The maximum absolute atomic E-state index is 9.62. The third-order valence-corrected chi connectivity index (χ3v) is 4.40. The summed E-state index contributed by atoms with van der Waals surface area (Å²) < 4.78 is 5.96. The molecule has 0 aliphatic carbocycles. The molecule has 104 valence electrons. The van der Waals surface area contributed by atoms with Crippen LogP contribution >= 0.6 is 11.8 Å². The van der Waals surface area contributed by atoms with Crippen molar-refractivity contribution in [2.45, 2.75) is 31.0 Å². The molecule has 1 N–H and O–H groups in total. The second kappa shape index (κ2) is 5.42. The number of hydrogen-bond donors (Lipinski definition) is 1. The minimum absolute atomic E-state index is 0.142. The molecule has 0 saturated carbocycles. The van der Waals surface area contributed by atoms with E-state index >= 15 is 0 Å². The van der Waals surface area contributed by atoms with Crippen molar-refractivity contribution in [1.29, 1.82) is 0 Å². The summed E-state index contributed by atoms with van der Waals surface area (Å²) >= 11 is 1.75. The molecule has 0 saturated heterocycles. The van der Waals surface area contributed by atoms with Gasteiger partial charge in [-0.05, 0) is 26.0 Å². The van der Waals surface area contributed by atoms with Gasteiger partial charge in [-0.25, -0.2) is 9.97 Å². The van der Waals surface area contributed by atoms with Gasteiger partial charge in [-0.2, -0.15) is 0 Å². The Hall–Kier alpha value is -1.59. The molecule has 5 heteroatoms. The van der Waals surface area contributed by atoms with Gasteiger partial charge in [-0.1, -0.05) is 12.1 Å². The first-order valence-corrected chi connectivity index (χ1v) is 7.53. The van der Waals surface area contributed by atoms with Gasteiger partial charge >= 0.3 is 0 Å². The van der Waals surface area contributed by atoms with Gasteiger partial charge in [-0.15, -0.1) is 11.8 Å². The predicted octanol–water partition coefficient (Wildman–Crippen LogP) is 3.06. The molecule has 0 radical (unpaired) electrons. The van der Waals surface area contributed by atoms with E-state index in [1.165, 1.54) is 0 Å². The van der Waals surface area contributed by atoms with Gasteiger partial charge in [0.1, 0.15) is 5.75 Å². The van der Waals surface area contributed by atoms with Crippen molar-refractivity contribution in [2.75, 3.05) is 5.75 Å². The fraction of sp³-hybridized carbons (Fsp3) is 0.333. The normalized spacial score (nSPS) is 19.1. The molecule has 4 nitrogen and oxygen atoms in total. The molecule has 0 bridgehead atoms. The number of fused-ring (bicyclic) bond motifs is 1. The van der Waals surface area contributed by atoms with E-state index < -0.39 is 6.10 Å². The second-order valence-corrected chi connectivity index (χ2v) is 5.87. The van der Waals surface area contributed by atoms with E-state index in [1.54, 1.807) is 24.9 Å². The molecule has 1 aliphatic rings. The van der Waals surface area contributed by atoms with Crippen molar-refractivity contribution in [1.82, 2.24) is 9.97 Å². The Morgan fingerprint density at radius 2 is 2.20 bits per heavy atom. The first-order chi connectivity index (χ1) is 9.65. The monoisotopic (exact) mass is 288 g/mol. The smallest absolute Gasteiger partial charge is 0.170 e. The molecule has 2 atom stereocenters. The van der Waals surface area contributed by atoms with Gasteiger partial charge < -0.3 is 9.84 Å². The van der Waals surface area contributed by atoms with Crippen LogP contribution in [-0.4, -0.2) is 20.8 Å². The molecular formula is C15H16N2O2S. The highest BCUT2D eigenvalue weighted by Crippen LogP contribution is 2.39. The summed E-state index contributed by atoms with van der Waals surface area (Å²) in [6, 6.07) is 7.99. The summed E-state index contributed by atoms with van der Waals surface area (Å²) in [5.41, 5.74) is 1.56. The average molecular weight is 288 g/mol. The van der Waals surface area contributed by atoms with Crippen LogP contribution in [0, 0.1) is 6.92 Å². The molecule has 1 aliphatic heterocycles. The molecule has 3 rings (SSSR count). The Balaban J connectivity index is 1.86. The van der Waals surface area contributed by atoms with Crippen LogP contribution < -0.4 is 4.74 Å². The van der Waals surface area contributed by atoms with E-state index in [0.29, 0.717) is 5.82 Å². The highest BCUT2D eigenvalue weighted by atomic mass is 32.2. The van der Waals surface area contributed by atoms with E-state index in [9.17, 15) is 5.11 Å². The van der Waals surface area contributed by atoms with Crippen LogP contribution in [0.3, 0.4) is 0 Å². The van der Waals surface area contributed by atoms with Crippen molar-refractivity contribution < 1.29 is 9.84 Å². The van der Waals surface area contributed by atoms with Crippen molar-refractivity contribution in [3.05, 3.63) is 47.5 Å². The summed E-state index contributed by atoms with van der Waals surface area (Å²) in [6.07, 6.45) is 1.000. The number of thioether (sulfide) groups is 1. The van der Waals surface area contributed by atoms with Crippen LogP contribution in [0.25, 0.3) is 0 Å². The highest BCUT2D eigenvalue weighted by molar-refractivity contribution is 7.99. The molecule has 2 aromatic rings. The second-order valence-electron chi connectivity index (χ2n) is 4.81. The molecule has 0 amide bonds. The molecule has 2 heterocycles. The van der Waals surface area contributed by atoms with Gasteiger partial charge in [0.15, 0.2) is 11.9 Å². The van der Waals surface area contributed by atoms with Crippen LogP contribution in [0.2, 0.25) is 0 Å². The van der Waals surface area contributed by atoms with E-state index in [4.69, 9.17) is 4.74 Å².